The van der Waals surface area contributed by atoms with Crippen LogP contribution in [-0.2, 0) is 6.18 Å². The summed E-state index contributed by atoms with van der Waals surface area (Å²) in [6.07, 6.45) is -2.91. The predicted molar refractivity (Wildman–Crippen MR) is 67.6 cm³/mol. The number of halogens is 3. The maximum Gasteiger partial charge on any atom is 0.433 e. The van der Waals surface area contributed by atoms with Crippen LogP contribution in [0.5, 0.6) is 0 Å². The molecule has 2 aromatic heterocycles. The second-order valence-electron chi connectivity index (χ2n) is 4.28. The fourth-order valence-electron chi connectivity index (χ4n) is 1.92. The SMILES string of the molecule is O=Cc1cc2cc(-c3nccc(C(F)(F)F)n3)ccc2o1. The lowest BCUT2D eigenvalue weighted by Crippen LogP contribution is -2.08. The molecule has 0 fully saturated rings. The molecule has 0 unspecified atom stereocenters. The molecule has 3 aromatic rings. The Hall–Kier alpha value is -2.70. The van der Waals surface area contributed by atoms with E-state index >= 15 is 0 Å². The molecule has 0 spiro atoms. The molecule has 106 valence electrons. The lowest BCUT2D eigenvalue weighted by Gasteiger charge is -2.06. The monoisotopic (exact) mass is 292 g/mol. The van der Waals surface area contributed by atoms with Crippen molar-refractivity contribution >= 4 is 17.3 Å². The van der Waals surface area contributed by atoms with Crippen LogP contribution in [0, 0.1) is 0 Å². The molecule has 3 rings (SSSR count). The van der Waals surface area contributed by atoms with Gasteiger partial charge in [0.15, 0.2) is 17.9 Å². The Balaban J connectivity index is 2.09. The van der Waals surface area contributed by atoms with Crippen LogP contribution in [0.4, 0.5) is 13.2 Å². The van der Waals surface area contributed by atoms with Crippen LogP contribution < -0.4 is 0 Å². The molecule has 2 heterocycles. The van der Waals surface area contributed by atoms with Gasteiger partial charge in [-0.25, -0.2) is 9.97 Å². The second kappa shape index (κ2) is 4.69. The molecule has 0 aliphatic carbocycles. The van der Waals surface area contributed by atoms with Crippen LogP contribution in [0.15, 0.2) is 40.9 Å². The Morgan fingerprint density at radius 1 is 1.14 bits per heavy atom. The van der Waals surface area contributed by atoms with Gasteiger partial charge < -0.3 is 4.42 Å². The van der Waals surface area contributed by atoms with E-state index in [-0.39, 0.29) is 11.6 Å². The van der Waals surface area contributed by atoms with Crippen molar-refractivity contribution in [3.63, 3.8) is 0 Å². The van der Waals surface area contributed by atoms with E-state index in [1.807, 2.05) is 0 Å². The third-order valence-electron chi connectivity index (χ3n) is 2.86. The number of carbonyl (C=O) groups is 1. The highest BCUT2D eigenvalue weighted by Crippen LogP contribution is 2.29. The van der Waals surface area contributed by atoms with Gasteiger partial charge in [0.1, 0.15) is 11.3 Å². The van der Waals surface area contributed by atoms with Gasteiger partial charge in [-0.2, -0.15) is 13.2 Å². The molecule has 0 atom stereocenters. The summed E-state index contributed by atoms with van der Waals surface area (Å²) in [5, 5.41) is 0.593. The Morgan fingerprint density at radius 2 is 1.95 bits per heavy atom. The molecule has 7 heteroatoms. The van der Waals surface area contributed by atoms with Gasteiger partial charge in [0.25, 0.3) is 0 Å². The zero-order valence-electron chi connectivity index (χ0n) is 10.4. The van der Waals surface area contributed by atoms with Gasteiger partial charge >= 0.3 is 6.18 Å². The number of rotatable bonds is 2. The lowest BCUT2D eigenvalue weighted by atomic mass is 10.1. The molecular formula is C14H7F3N2O2. The minimum absolute atomic E-state index is 0.0411. The molecule has 0 saturated carbocycles. The van der Waals surface area contributed by atoms with Crippen molar-refractivity contribution in [2.75, 3.05) is 0 Å². The van der Waals surface area contributed by atoms with Crippen molar-refractivity contribution < 1.29 is 22.4 Å². The Morgan fingerprint density at radius 3 is 2.67 bits per heavy atom. The first kappa shape index (κ1) is 13.3. The van der Waals surface area contributed by atoms with E-state index in [9.17, 15) is 18.0 Å². The van der Waals surface area contributed by atoms with Crippen molar-refractivity contribution in [3.05, 3.63) is 48.0 Å². The second-order valence-corrected chi connectivity index (χ2v) is 4.28. The Kier molecular flexibility index (Phi) is 2.97. The van der Waals surface area contributed by atoms with E-state index in [1.165, 1.54) is 12.1 Å². The number of hydrogen-bond acceptors (Lipinski definition) is 4. The number of furan rings is 1. The Labute approximate surface area is 116 Å². The summed E-state index contributed by atoms with van der Waals surface area (Å²) in [6, 6.07) is 6.97. The van der Waals surface area contributed by atoms with Gasteiger partial charge in [-0.1, -0.05) is 0 Å². The number of hydrogen-bond donors (Lipinski definition) is 0. The molecule has 0 bridgehead atoms. The summed E-state index contributed by atoms with van der Waals surface area (Å²) in [5.41, 5.74) is -0.131. The minimum atomic E-state index is -4.53. The number of alkyl halides is 3. The summed E-state index contributed by atoms with van der Waals surface area (Å²) < 4.78 is 43.1. The number of aldehydes is 1. The van der Waals surface area contributed by atoms with Crippen LogP contribution in [0.3, 0.4) is 0 Å². The third-order valence-corrected chi connectivity index (χ3v) is 2.86. The molecule has 0 N–H and O–H groups in total. The standard InChI is InChI=1S/C14H7F3N2O2/c15-14(16,17)12-3-4-18-13(19-12)8-1-2-11-9(5-8)6-10(7-20)21-11/h1-7H. The van der Waals surface area contributed by atoms with E-state index in [0.717, 1.165) is 12.3 Å². The van der Waals surface area contributed by atoms with Gasteiger partial charge in [0.05, 0.1) is 0 Å². The van der Waals surface area contributed by atoms with Gasteiger partial charge in [-0.05, 0) is 30.3 Å². The highest BCUT2D eigenvalue weighted by molar-refractivity contribution is 5.87. The summed E-state index contributed by atoms with van der Waals surface area (Å²) in [5.74, 6) is 0.104. The molecule has 0 radical (unpaired) electrons. The molecule has 0 aliphatic heterocycles. The zero-order valence-corrected chi connectivity index (χ0v) is 10.4. The summed E-state index contributed by atoms with van der Waals surface area (Å²) in [4.78, 5) is 18.0. The van der Waals surface area contributed by atoms with Gasteiger partial charge in [-0.3, -0.25) is 4.79 Å². The largest absolute Gasteiger partial charge is 0.453 e. The van der Waals surface area contributed by atoms with Crippen LogP contribution in [0.2, 0.25) is 0 Å². The fraction of sp³-hybridized carbons (Fsp3) is 0.0714. The van der Waals surface area contributed by atoms with Crippen LogP contribution in [0.1, 0.15) is 16.2 Å². The third kappa shape index (κ3) is 2.49. The van der Waals surface area contributed by atoms with Crippen LogP contribution >= 0.6 is 0 Å². The molecule has 21 heavy (non-hydrogen) atoms. The van der Waals surface area contributed by atoms with Crippen molar-refractivity contribution in [3.8, 4) is 11.4 Å². The summed E-state index contributed by atoms with van der Waals surface area (Å²) >= 11 is 0. The van der Waals surface area contributed by atoms with Crippen molar-refractivity contribution in [1.82, 2.24) is 9.97 Å². The van der Waals surface area contributed by atoms with E-state index in [2.05, 4.69) is 9.97 Å². The van der Waals surface area contributed by atoms with E-state index in [1.54, 1.807) is 12.1 Å². The van der Waals surface area contributed by atoms with Crippen LogP contribution in [-0.4, -0.2) is 16.3 Å². The fourth-order valence-corrected chi connectivity index (χ4v) is 1.92. The highest BCUT2D eigenvalue weighted by Gasteiger charge is 2.32. The number of carbonyl (C=O) groups excluding carboxylic acids is 1. The van der Waals surface area contributed by atoms with Gasteiger partial charge in [0.2, 0.25) is 0 Å². The van der Waals surface area contributed by atoms with Gasteiger partial charge in [-0.15, -0.1) is 0 Å². The van der Waals surface area contributed by atoms with Crippen molar-refractivity contribution in [1.29, 1.82) is 0 Å². The maximum atomic E-state index is 12.6. The van der Waals surface area contributed by atoms with E-state index < -0.39 is 11.9 Å². The lowest BCUT2D eigenvalue weighted by molar-refractivity contribution is -0.141. The first-order valence-electron chi connectivity index (χ1n) is 5.87. The van der Waals surface area contributed by atoms with Gasteiger partial charge in [0, 0.05) is 17.1 Å². The maximum absolute atomic E-state index is 12.6. The zero-order chi connectivity index (χ0) is 15.0. The Bertz CT molecular complexity index is 824. The van der Waals surface area contributed by atoms with E-state index in [0.29, 0.717) is 22.8 Å². The van der Waals surface area contributed by atoms with Crippen molar-refractivity contribution in [2.45, 2.75) is 6.18 Å². The summed E-state index contributed by atoms with van der Waals surface area (Å²) in [6.45, 7) is 0. The first-order chi connectivity index (χ1) is 9.97. The molecule has 0 amide bonds. The van der Waals surface area contributed by atoms with Crippen molar-refractivity contribution in [2.24, 2.45) is 0 Å². The molecular weight excluding hydrogens is 285 g/mol. The topological polar surface area (TPSA) is 56.0 Å². The minimum Gasteiger partial charge on any atom is -0.453 e. The smallest absolute Gasteiger partial charge is 0.433 e. The van der Waals surface area contributed by atoms with E-state index in [4.69, 9.17) is 4.42 Å². The van der Waals surface area contributed by atoms with Crippen LogP contribution in [0.25, 0.3) is 22.4 Å². The average Bonchev–Trinajstić information content (AvgIpc) is 2.88. The average molecular weight is 292 g/mol. The number of nitrogens with zero attached hydrogens (tertiary/aromatic N) is 2. The molecule has 0 aliphatic rings. The molecule has 4 nitrogen and oxygen atoms in total. The number of benzene rings is 1. The highest BCUT2D eigenvalue weighted by atomic mass is 19.4. The quantitative estimate of drug-likeness (QED) is 0.675. The number of fused-ring (bicyclic) bond motifs is 1. The molecule has 0 saturated heterocycles. The number of aromatic nitrogens is 2. The predicted octanol–water partition coefficient (Wildman–Crippen LogP) is 3.72. The summed E-state index contributed by atoms with van der Waals surface area (Å²) in [7, 11) is 0. The normalized spacial score (nSPS) is 11.8. The molecule has 1 aromatic carbocycles. The first-order valence-corrected chi connectivity index (χ1v) is 5.87.